The number of aromatic nitrogens is 1. The fourth-order valence-corrected chi connectivity index (χ4v) is 2.06. The Hall–Kier alpha value is -1.69. The average Bonchev–Trinajstić information content (AvgIpc) is 2.78. The predicted molar refractivity (Wildman–Crippen MR) is 62.9 cm³/mol. The number of hydrogen-bond acceptors (Lipinski definition) is 5. The molecule has 1 aromatic rings. The van der Waals surface area contributed by atoms with Crippen LogP contribution >= 0.6 is 0 Å². The molecule has 17 heavy (non-hydrogen) atoms. The first kappa shape index (κ1) is 11.8. The zero-order chi connectivity index (χ0) is 12.4. The van der Waals surface area contributed by atoms with E-state index in [0.29, 0.717) is 0 Å². The molecule has 2 rings (SSSR count). The van der Waals surface area contributed by atoms with Crippen molar-refractivity contribution in [3.05, 3.63) is 28.4 Å². The van der Waals surface area contributed by atoms with Crippen LogP contribution in [-0.4, -0.2) is 34.2 Å². The lowest BCUT2D eigenvalue weighted by Gasteiger charge is -2.18. The first-order valence-electron chi connectivity index (χ1n) is 5.61. The second-order valence-corrected chi connectivity index (χ2v) is 4.37. The highest BCUT2D eigenvalue weighted by molar-refractivity contribution is 5.43. The Balaban J connectivity index is 2.06. The maximum Gasteiger partial charge on any atom is 0.287 e. The first-order valence-corrected chi connectivity index (χ1v) is 5.61. The van der Waals surface area contributed by atoms with Gasteiger partial charge in [-0.2, -0.15) is 0 Å². The van der Waals surface area contributed by atoms with Crippen LogP contribution in [0.1, 0.15) is 13.3 Å². The van der Waals surface area contributed by atoms with Crippen LogP contribution in [-0.2, 0) is 0 Å². The molecule has 0 aliphatic carbocycles. The normalized spacial score (nSPS) is 21.5. The number of pyridine rings is 1. The minimum absolute atomic E-state index is 0.0000215. The molecule has 2 atom stereocenters. The van der Waals surface area contributed by atoms with Gasteiger partial charge in [-0.05, 0) is 19.4 Å². The van der Waals surface area contributed by atoms with E-state index >= 15 is 0 Å². The summed E-state index contributed by atoms with van der Waals surface area (Å²) in [6.45, 7) is 3.38. The van der Waals surface area contributed by atoms with Crippen LogP contribution in [0.2, 0.25) is 0 Å². The number of hydrogen-bond donors (Lipinski definition) is 1. The maximum atomic E-state index is 10.5. The standard InChI is InChI=1S/C11H15N3O3/c1-8(15)9-4-5-13(7-9)11-3-2-10(6-12-11)14(16)17/h2-3,6,8-9,15H,4-5,7H2,1H3. The minimum Gasteiger partial charge on any atom is -0.393 e. The third-order valence-corrected chi connectivity index (χ3v) is 3.17. The third kappa shape index (κ3) is 2.52. The van der Waals surface area contributed by atoms with Gasteiger partial charge in [0.15, 0.2) is 0 Å². The molecule has 2 heterocycles. The topological polar surface area (TPSA) is 79.5 Å². The Kier molecular flexibility index (Phi) is 3.23. The van der Waals surface area contributed by atoms with Gasteiger partial charge in [-0.15, -0.1) is 0 Å². The van der Waals surface area contributed by atoms with Gasteiger partial charge in [0.25, 0.3) is 5.69 Å². The van der Waals surface area contributed by atoms with Gasteiger partial charge < -0.3 is 10.0 Å². The van der Waals surface area contributed by atoms with Crippen molar-refractivity contribution in [1.29, 1.82) is 0 Å². The molecule has 1 aromatic heterocycles. The lowest BCUT2D eigenvalue weighted by Crippen LogP contribution is -2.24. The van der Waals surface area contributed by atoms with Crippen molar-refractivity contribution in [1.82, 2.24) is 4.98 Å². The van der Waals surface area contributed by atoms with Gasteiger partial charge in [-0.3, -0.25) is 10.1 Å². The second kappa shape index (κ2) is 4.67. The zero-order valence-corrected chi connectivity index (χ0v) is 9.61. The number of aliphatic hydroxyl groups is 1. The summed E-state index contributed by atoms with van der Waals surface area (Å²) < 4.78 is 0. The summed E-state index contributed by atoms with van der Waals surface area (Å²) in [5.41, 5.74) is 0.0000215. The number of nitro groups is 1. The summed E-state index contributed by atoms with van der Waals surface area (Å²) in [5, 5.41) is 20.0. The Bertz CT molecular complexity index is 405. The molecular weight excluding hydrogens is 222 g/mol. The van der Waals surface area contributed by atoms with Gasteiger partial charge in [-0.25, -0.2) is 4.98 Å². The van der Waals surface area contributed by atoms with E-state index in [4.69, 9.17) is 0 Å². The van der Waals surface area contributed by atoms with Crippen molar-refractivity contribution in [2.45, 2.75) is 19.4 Å². The quantitative estimate of drug-likeness (QED) is 0.631. The van der Waals surface area contributed by atoms with Gasteiger partial charge in [0.2, 0.25) is 0 Å². The van der Waals surface area contributed by atoms with Crippen molar-refractivity contribution < 1.29 is 10.0 Å². The molecule has 0 spiro atoms. The van der Waals surface area contributed by atoms with E-state index < -0.39 is 4.92 Å². The first-order chi connectivity index (χ1) is 8.08. The monoisotopic (exact) mass is 237 g/mol. The Labute approximate surface area is 99.0 Å². The number of anilines is 1. The number of nitrogens with zero attached hydrogens (tertiary/aromatic N) is 3. The third-order valence-electron chi connectivity index (χ3n) is 3.17. The molecule has 6 heteroatoms. The molecule has 1 aliphatic rings. The van der Waals surface area contributed by atoms with Crippen LogP contribution < -0.4 is 4.90 Å². The van der Waals surface area contributed by atoms with Crippen molar-refractivity contribution >= 4 is 11.5 Å². The molecule has 6 nitrogen and oxygen atoms in total. The number of rotatable bonds is 3. The molecule has 1 aliphatic heterocycles. The van der Waals surface area contributed by atoms with Gasteiger partial charge in [-0.1, -0.05) is 0 Å². The SMILES string of the molecule is CC(O)C1CCN(c2ccc([N+](=O)[O-])cn2)C1. The van der Waals surface area contributed by atoms with Gasteiger partial charge in [0, 0.05) is 25.1 Å². The van der Waals surface area contributed by atoms with Crippen molar-refractivity contribution in [2.24, 2.45) is 5.92 Å². The molecular formula is C11H15N3O3. The summed E-state index contributed by atoms with van der Waals surface area (Å²) in [7, 11) is 0. The van der Waals surface area contributed by atoms with Crippen LogP contribution in [0, 0.1) is 16.0 Å². The summed E-state index contributed by atoms with van der Waals surface area (Å²) in [4.78, 5) is 16.2. The minimum atomic E-state index is -0.459. The van der Waals surface area contributed by atoms with Crippen LogP contribution in [0.15, 0.2) is 18.3 Å². The molecule has 0 amide bonds. The molecule has 0 saturated carbocycles. The van der Waals surface area contributed by atoms with Crippen LogP contribution in [0.3, 0.4) is 0 Å². The smallest absolute Gasteiger partial charge is 0.287 e. The Morgan fingerprint density at radius 3 is 2.88 bits per heavy atom. The van der Waals surface area contributed by atoms with E-state index in [1.165, 1.54) is 12.3 Å². The van der Waals surface area contributed by atoms with E-state index in [1.54, 1.807) is 13.0 Å². The average molecular weight is 237 g/mol. The van der Waals surface area contributed by atoms with Gasteiger partial charge in [0.1, 0.15) is 12.0 Å². The van der Waals surface area contributed by atoms with Gasteiger partial charge in [0.05, 0.1) is 11.0 Å². The van der Waals surface area contributed by atoms with E-state index in [1.807, 2.05) is 4.90 Å². The lowest BCUT2D eigenvalue weighted by atomic mass is 10.0. The fraction of sp³-hybridized carbons (Fsp3) is 0.545. The molecule has 2 unspecified atom stereocenters. The van der Waals surface area contributed by atoms with E-state index in [-0.39, 0.29) is 17.7 Å². The summed E-state index contributed by atoms with van der Waals surface area (Å²) in [6.07, 6.45) is 1.87. The maximum absolute atomic E-state index is 10.5. The highest BCUT2D eigenvalue weighted by Gasteiger charge is 2.26. The number of aliphatic hydroxyl groups excluding tert-OH is 1. The van der Waals surface area contributed by atoms with E-state index in [0.717, 1.165) is 25.3 Å². The second-order valence-electron chi connectivity index (χ2n) is 4.37. The van der Waals surface area contributed by atoms with Crippen molar-refractivity contribution in [3.8, 4) is 0 Å². The Morgan fingerprint density at radius 1 is 1.65 bits per heavy atom. The van der Waals surface area contributed by atoms with E-state index in [2.05, 4.69) is 4.98 Å². The molecule has 1 N–H and O–H groups in total. The van der Waals surface area contributed by atoms with Gasteiger partial charge >= 0.3 is 0 Å². The predicted octanol–water partition coefficient (Wildman–Crippen LogP) is 1.20. The molecule has 0 aromatic carbocycles. The van der Waals surface area contributed by atoms with Crippen LogP contribution in [0.4, 0.5) is 11.5 Å². The summed E-state index contributed by atoms with van der Waals surface area (Å²) >= 11 is 0. The Morgan fingerprint density at radius 2 is 2.41 bits per heavy atom. The largest absolute Gasteiger partial charge is 0.393 e. The van der Waals surface area contributed by atoms with Crippen molar-refractivity contribution in [2.75, 3.05) is 18.0 Å². The molecule has 1 fully saturated rings. The summed E-state index contributed by atoms with van der Waals surface area (Å²) in [5.74, 6) is 0.991. The molecule has 92 valence electrons. The highest BCUT2D eigenvalue weighted by Crippen LogP contribution is 2.25. The summed E-state index contributed by atoms with van der Waals surface area (Å²) in [6, 6.07) is 3.11. The van der Waals surface area contributed by atoms with Crippen LogP contribution in [0.5, 0.6) is 0 Å². The molecule has 0 bridgehead atoms. The van der Waals surface area contributed by atoms with Crippen LogP contribution in [0.25, 0.3) is 0 Å². The molecule has 1 saturated heterocycles. The van der Waals surface area contributed by atoms with Crippen molar-refractivity contribution in [3.63, 3.8) is 0 Å². The lowest BCUT2D eigenvalue weighted by molar-refractivity contribution is -0.385. The van der Waals surface area contributed by atoms with E-state index in [9.17, 15) is 15.2 Å². The molecule has 0 radical (unpaired) electrons. The fourth-order valence-electron chi connectivity index (χ4n) is 2.06. The highest BCUT2D eigenvalue weighted by atomic mass is 16.6. The zero-order valence-electron chi connectivity index (χ0n) is 9.61.